The van der Waals surface area contributed by atoms with E-state index in [0.29, 0.717) is 0 Å². The third-order valence-electron chi connectivity index (χ3n) is 3.91. The van der Waals surface area contributed by atoms with Crippen molar-refractivity contribution >= 4 is 10.4 Å². The molecule has 0 aromatic heterocycles. The number of hydrogen-bond donors (Lipinski definition) is 4. The summed E-state index contributed by atoms with van der Waals surface area (Å²) in [5.74, 6) is 0. The van der Waals surface area contributed by atoms with Crippen molar-refractivity contribution < 1.29 is 17.5 Å². The second-order valence-corrected chi connectivity index (χ2v) is 7.11. The Kier molecular flexibility index (Phi) is 23.3. The molecule has 0 radical (unpaired) electrons. The largest absolute Gasteiger partial charge is 0.394 e. The lowest BCUT2D eigenvalue weighted by Gasteiger charge is -2.03. The van der Waals surface area contributed by atoms with Crippen LogP contribution in [0.25, 0.3) is 0 Å². The average molecular weight is 393 g/mol. The van der Waals surface area contributed by atoms with E-state index >= 15 is 0 Å². The van der Waals surface area contributed by atoms with Crippen molar-refractivity contribution in [3.05, 3.63) is 35.9 Å². The van der Waals surface area contributed by atoms with Gasteiger partial charge in [0.15, 0.2) is 0 Å². The van der Waals surface area contributed by atoms with Crippen LogP contribution in [0.2, 0.25) is 0 Å². The quantitative estimate of drug-likeness (QED) is 0.246. The summed E-state index contributed by atoms with van der Waals surface area (Å²) in [4.78, 5) is 0. The second-order valence-electron chi connectivity index (χ2n) is 6.22. The normalized spacial score (nSPS) is 10.1. The Hall–Kier alpha value is -0.990. The predicted octanol–water partition coefficient (Wildman–Crippen LogP) is 6.21. The van der Waals surface area contributed by atoms with Gasteiger partial charge in [-0.1, -0.05) is 101 Å². The summed E-state index contributed by atoms with van der Waals surface area (Å²) >= 11 is 0. The van der Waals surface area contributed by atoms with Crippen molar-refractivity contribution in [2.45, 2.75) is 84.0 Å². The fourth-order valence-electron chi connectivity index (χ4n) is 2.64. The Balaban J connectivity index is -0.000000668. The van der Waals surface area contributed by atoms with Crippen molar-refractivity contribution in [1.82, 2.24) is 12.3 Å². The summed E-state index contributed by atoms with van der Waals surface area (Å²) in [6.45, 7) is 2.29. The van der Waals surface area contributed by atoms with Gasteiger partial charge < -0.3 is 12.3 Å². The molecule has 156 valence electrons. The smallest absolute Gasteiger partial charge is 0.344 e. The van der Waals surface area contributed by atoms with Crippen molar-refractivity contribution in [1.29, 1.82) is 0 Å². The lowest BCUT2D eigenvalue weighted by atomic mass is 10.0. The van der Waals surface area contributed by atoms with E-state index in [1.165, 1.54) is 82.6 Å². The Morgan fingerprint density at radius 3 is 1.42 bits per heavy atom. The fourth-order valence-corrected chi connectivity index (χ4v) is 2.64. The van der Waals surface area contributed by atoms with E-state index in [-0.39, 0.29) is 12.3 Å². The van der Waals surface area contributed by atoms with Crippen LogP contribution in [-0.2, 0) is 16.8 Å². The van der Waals surface area contributed by atoms with Crippen molar-refractivity contribution in [2.24, 2.45) is 0 Å². The van der Waals surface area contributed by atoms with Gasteiger partial charge in [-0.05, 0) is 18.4 Å². The first kappa shape index (κ1) is 29.8. The molecule has 0 aliphatic carbocycles. The number of rotatable bonds is 12. The highest BCUT2D eigenvalue weighted by molar-refractivity contribution is 7.79. The van der Waals surface area contributed by atoms with Crippen LogP contribution in [0.4, 0.5) is 0 Å². The van der Waals surface area contributed by atoms with E-state index in [9.17, 15) is 0 Å². The second kappa shape index (κ2) is 20.3. The van der Waals surface area contributed by atoms with Crippen LogP contribution in [0.3, 0.4) is 0 Å². The number of benzene rings is 1. The molecule has 0 saturated heterocycles. The molecular formula is C19H40N2O4S. The topological polar surface area (TPSA) is 145 Å². The minimum absolute atomic E-state index is 0. The molecule has 0 amide bonds. The highest BCUT2D eigenvalue weighted by atomic mass is 32.3. The molecule has 8 N–H and O–H groups in total. The van der Waals surface area contributed by atoms with Gasteiger partial charge in [-0.15, -0.1) is 0 Å². The van der Waals surface area contributed by atoms with Gasteiger partial charge in [0.25, 0.3) is 0 Å². The van der Waals surface area contributed by atoms with Gasteiger partial charge in [-0.25, -0.2) is 0 Å². The van der Waals surface area contributed by atoms with Crippen LogP contribution < -0.4 is 12.3 Å². The van der Waals surface area contributed by atoms with Gasteiger partial charge in [-0.3, -0.25) is 9.11 Å². The molecule has 26 heavy (non-hydrogen) atoms. The Morgan fingerprint density at radius 2 is 1.04 bits per heavy atom. The van der Waals surface area contributed by atoms with Crippen molar-refractivity contribution in [3.63, 3.8) is 0 Å². The van der Waals surface area contributed by atoms with Gasteiger partial charge in [0.1, 0.15) is 0 Å². The number of aryl methyl sites for hydroxylation is 1. The summed E-state index contributed by atoms with van der Waals surface area (Å²) in [5.41, 5.74) is 1.50. The van der Waals surface area contributed by atoms with Crippen LogP contribution in [0.1, 0.15) is 83.1 Å². The first-order valence-electron chi connectivity index (χ1n) is 9.17. The lowest BCUT2D eigenvalue weighted by Crippen LogP contribution is -1.89. The van der Waals surface area contributed by atoms with Gasteiger partial charge in [-0.2, -0.15) is 8.42 Å². The minimum atomic E-state index is -4.67. The molecule has 0 fully saturated rings. The highest BCUT2D eigenvalue weighted by Gasteiger charge is 1.94. The van der Waals surface area contributed by atoms with Crippen molar-refractivity contribution in [2.75, 3.05) is 0 Å². The summed E-state index contributed by atoms with van der Waals surface area (Å²) < 4.78 is 31.6. The molecule has 0 saturated carbocycles. The van der Waals surface area contributed by atoms with E-state index in [4.69, 9.17) is 17.5 Å². The average Bonchev–Trinajstić information content (AvgIpc) is 2.52. The summed E-state index contributed by atoms with van der Waals surface area (Å²) in [7, 11) is -4.67. The molecule has 7 heteroatoms. The molecule has 0 aliphatic rings. The predicted molar refractivity (Wildman–Crippen MR) is 111 cm³/mol. The lowest BCUT2D eigenvalue weighted by molar-refractivity contribution is 0.381. The molecule has 6 nitrogen and oxygen atoms in total. The Morgan fingerprint density at radius 1 is 0.692 bits per heavy atom. The van der Waals surface area contributed by atoms with Crippen LogP contribution in [-0.4, -0.2) is 17.5 Å². The van der Waals surface area contributed by atoms with E-state index < -0.39 is 10.4 Å². The highest BCUT2D eigenvalue weighted by Crippen LogP contribution is 2.12. The number of hydrogen-bond acceptors (Lipinski definition) is 4. The third-order valence-corrected chi connectivity index (χ3v) is 3.91. The molecule has 1 aromatic rings. The molecule has 0 atom stereocenters. The monoisotopic (exact) mass is 392 g/mol. The Labute approximate surface area is 160 Å². The maximum atomic E-state index is 8.74. The van der Waals surface area contributed by atoms with Gasteiger partial charge in [0, 0.05) is 0 Å². The van der Waals surface area contributed by atoms with Crippen molar-refractivity contribution in [3.8, 4) is 0 Å². The number of unbranched alkanes of at least 4 members (excludes halogenated alkanes) is 10. The van der Waals surface area contributed by atoms with Gasteiger partial charge in [0.05, 0.1) is 0 Å². The van der Waals surface area contributed by atoms with Crippen LogP contribution in [0.15, 0.2) is 30.3 Å². The minimum Gasteiger partial charge on any atom is -0.344 e. The first-order chi connectivity index (χ1) is 11.4. The molecule has 0 aliphatic heterocycles. The van der Waals surface area contributed by atoms with Crippen LogP contribution in [0.5, 0.6) is 0 Å². The molecule has 1 aromatic carbocycles. The molecule has 0 heterocycles. The van der Waals surface area contributed by atoms with Gasteiger partial charge in [0.2, 0.25) is 0 Å². The molecule has 0 unspecified atom stereocenters. The van der Waals surface area contributed by atoms with E-state index in [1.807, 2.05) is 0 Å². The molecular weight excluding hydrogens is 352 g/mol. The first-order valence-corrected chi connectivity index (χ1v) is 10.6. The maximum absolute atomic E-state index is 8.74. The maximum Gasteiger partial charge on any atom is 0.394 e. The molecule has 1 rings (SSSR count). The van der Waals surface area contributed by atoms with Crippen LogP contribution in [0, 0.1) is 0 Å². The fraction of sp³-hybridized carbons (Fsp3) is 0.684. The Bertz CT molecular complexity index is 474. The van der Waals surface area contributed by atoms with E-state index in [1.54, 1.807) is 0 Å². The standard InChI is InChI=1S/C19H32.2H3N.H2O4S/c1-2-3-4-5-6-7-8-9-10-11-13-16-19-17-14-12-15-18-19;;;1-5(2,3)4/h12,14-15,17-18H,2-11,13,16H2,1H3;2*1H3;(H2,1,2,3,4). The summed E-state index contributed by atoms with van der Waals surface area (Å²) in [6, 6.07) is 10.9. The summed E-state index contributed by atoms with van der Waals surface area (Å²) in [5, 5.41) is 0. The zero-order valence-corrected chi connectivity index (χ0v) is 17.2. The summed E-state index contributed by atoms with van der Waals surface area (Å²) in [6.07, 6.45) is 17.0. The third kappa shape index (κ3) is 27.8. The molecule has 0 spiro atoms. The SMILES string of the molecule is CCCCCCCCCCCCCc1ccccc1.N.N.O=S(=O)(O)O. The van der Waals surface area contributed by atoms with E-state index in [0.717, 1.165) is 0 Å². The molecule has 0 bridgehead atoms. The van der Waals surface area contributed by atoms with Gasteiger partial charge >= 0.3 is 10.4 Å². The van der Waals surface area contributed by atoms with Crippen LogP contribution >= 0.6 is 0 Å². The zero-order chi connectivity index (χ0) is 18.1. The zero-order valence-electron chi connectivity index (χ0n) is 16.4. The van der Waals surface area contributed by atoms with E-state index in [2.05, 4.69) is 37.3 Å².